The minimum Gasteiger partial charge on any atom is -0.278 e. The molecule has 0 saturated carbocycles. The maximum absolute atomic E-state index is 5.62. The molecule has 0 spiro atoms. The minimum absolute atomic E-state index is 0.477. The van der Waals surface area contributed by atoms with E-state index < -0.39 is 5.41 Å². The van der Waals surface area contributed by atoms with Crippen LogP contribution in [0.15, 0.2) is 201 Å². The molecule has 0 bridgehead atoms. The van der Waals surface area contributed by atoms with Crippen molar-refractivity contribution in [1.82, 2.24) is 14.5 Å². The van der Waals surface area contributed by atoms with Crippen molar-refractivity contribution in [3.63, 3.8) is 0 Å². The number of aryl methyl sites for hydroxylation is 1. The second-order valence-corrected chi connectivity index (χ2v) is 16.6. The van der Waals surface area contributed by atoms with Gasteiger partial charge >= 0.3 is 0 Å². The quantitative estimate of drug-likeness (QED) is 0.168. The number of fused-ring (bicyclic) bond motifs is 5. The molecule has 1 unspecified atom stereocenters. The van der Waals surface area contributed by atoms with E-state index in [1.165, 1.54) is 60.5 Å². The van der Waals surface area contributed by atoms with Gasteiger partial charge < -0.3 is 0 Å². The summed E-state index contributed by atoms with van der Waals surface area (Å²) >= 11 is 0. The maximum atomic E-state index is 5.62. The first-order chi connectivity index (χ1) is 30.1. The second-order valence-electron chi connectivity index (χ2n) is 16.6. The van der Waals surface area contributed by atoms with E-state index in [1.54, 1.807) is 0 Å². The molecule has 0 fully saturated rings. The Labute approximate surface area is 353 Å². The predicted octanol–water partition coefficient (Wildman–Crippen LogP) is 14.3. The van der Waals surface area contributed by atoms with Crippen LogP contribution in [0.1, 0.15) is 38.9 Å². The van der Waals surface area contributed by atoms with Crippen LogP contribution in [0.2, 0.25) is 0 Å². The van der Waals surface area contributed by atoms with Gasteiger partial charge in [0.2, 0.25) is 5.95 Å². The molecule has 0 saturated heterocycles. The van der Waals surface area contributed by atoms with E-state index in [0.29, 0.717) is 5.95 Å². The van der Waals surface area contributed by atoms with Crippen LogP contribution in [-0.4, -0.2) is 14.5 Å². The highest BCUT2D eigenvalue weighted by atomic mass is 15.2. The number of aromatic nitrogens is 3. The van der Waals surface area contributed by atoms with Crippen molar-refractivity contribution in [1.29, 1.82) is 0 Å². The van der Waals surface area contributed by atoms with Gasteiger partial charge in [0.15, 0.2) is 0 Å². The van der Waals surface area contributed by atoms with E-state index in [9.17, 15) is 0 Å². The third-order valence-corrected chi connectivity index (χ3v) is 13.5. The molecular weight excluding hydrogens is 739 g/mol. The zero-order valence-electron chi connectivity index (χ0n) is 33.5. The standard InChI is InChI=1S/C58H37N3/c1-35-28-29-39(34-46(35)42-22-10-9-21-41(42)36(2)37-16-5-3-6-17-37)56-45-24-12-14-27-49(45)59-57(60-56)61-50-32-30-38-18-15-26-48-52(38)53(50)54-51(61)33-31-44-43-23-11-13-25-47(43)58(48,55(44)54)40-19-7-4-8-20-40/h3-34H,2H2,1H3. The monoisotopic (exact) mass is 775 g/mol. The molecule has 2 aromatic heterocycles. The van der Waals surface area contributed by atoms with Crippen molar-refractivity contribution < 1.29 is 0 Å². The summed E-state index contributed by atoms with van der Waals surface area (Å²) in [6.07, 6.45) is 0. The molecular formula is C58H37N3. The minimum atomic E-state index is -0.477. The zero-order valence-corrected chi connectivity index (χ0v) is 33.5. The van der Waals surface area contributed by atoms with Gasteiger partial charge in [-0.05, 0) is 109 Å². The van der Waals surface area contributed by atoms with Crippen LogP contribution in [-0.2, 0) is 5.41 Å². The largest absolute Gasteiger partial charge is 0.278 e. The van der Waals surface area contributed by atoms with Gasteiger partial charge in [0.05, 0.1) is 27.7 Å². The van der Waals surface area contributed by atoms with E-state index in [2.05, 4.69) is 206 Å². The van der Waals surface area contributed by atoms with Gasteiger partial charge in [0.25, 0.3) is 0 Å². The van der Waals surface area contributed by atoms with Crippen molar-refractivity contribution in [2.24, 2.45) is 0 Å². The average Bonchev–Trinajstić information content (AvgIpc) is 3.83. The normalized spacial score (nSPS) is 14.8. The Morgan fingerprint density at radius 3 is 2.10 bits per heavy atom. The smallest absolute Gasteiger partial charge is 0.235 e. The summed E-state index contributed by atoms with van der Waals surface area (Å²) in [5.74, 6) is 0.660. The van der Waals surface area contributed by atoms with Crippen LogP contribution in [0.5, 0.6) is 0 Å². The molecule has 9 aromatic carbocycles. The third-order valence-electron chi connectivity index (χ3n) is 13.5. The van der Waals surface area contributed by atoms with Crippen molar-refractivity contribution >= 4 is 49.1 Å². The van der Waals surface area contributed by atoms with Gasteiger partial charge in [-0.25, -0.2) is 9.97 Å². The van der Waals surface area contributed by atoms with Crippen molar-refractivity contribution in [2.45, 2.75) is 12.3 Å². The lowest BCUT2D eigenvalue weighted by atomic mass is 9.63. The molecule has 2 aliphatic carbocycles. The lowest BCUT2D eigenvalue weighted by molar-refractivity contribution is 0.782. The SMILES string of the molecule is C=C(c1ccccc1)c1ccccc1-c1cc(-c2nc(-n3c4ccc5c6c4c4c7c(cccc7ccc43)C6(c3ccccc3)c3ccccc3-5)nc3ccccc23)ccc1C. The fraction of sp³-hybridized carbons (Fsp3) is 0.0345. The Bertz CT molecular complexity index is 3670. The highest BCUT2D eigenvalue weighted by Gasteiger charge is 2.50. The summed E-state index contributed by atoms with van der Waals surface area (Å²) in [6, 6.07) is 70.5. The van der Waals surface area contributed by atoms with Gasteiger partial charge in [0.1, 0.15) is 0 Å². The number of nitrogens with zero attached hydrogens (tertiary/aromatic N) is 3. The van der Waals surface area contributed by atoms with Crippen LogP contribution < -0.4 is 0 Å². The van der Waals surface area contributed by atoms with Gasteiger partial charge in [-0.1, -0.05) is 176 Å². The molecule has 13 rings (SSSR count). The Morgan fingerprint density at radius 2 is 1.23 bits per heavy atom. The Kier molecular flexibility index (Phi) is 7.01. The molecule has 1 atom stereocenters. The van der Waals surface area contributed by atoms with E-state index in [1.807, 2.05) is 6.07 Å². The highest BCUT2D eigenvalue weighted by Crippen LogP contribution is 2.63. The van der Waals surface area contributed by atoms with E-state index >= 15 is 0 Å². The third kappa shape index (κ3) is 4.52. The van der Waals surface area contributed by atoms with Crippen molar-refractivity contribution in [2.75, 3.05) is 0 Å². The number of rotatable bonds is 6. The number of para-hydroxylation sites is 1. The van der Waals surface area contributed by atoms with Gasteiger partial charge in [0, 0.05) is 21.7 Å². The second kappa shape index (κ2) is 12.6. The van der Waals surface area contributed by atoms with Crippen molar-refractivity contribution in [3.8, 4) is 39.5 Å². The number of benzene rings is 9. The fourth-order valence-corrected chi connectivity index (χ4v) is 10.9. The lowest BCUT2D eigenvalue weighted by Crippen LogP contribution is -2.30. The summed E-state index contributed by atoms with van der Waals surface area (Å²) in [4.78, 5) is 11.0. The molecule has 11 aromatic rings. The summed E-state index contributed by atoms with van der Waals surface area (Å²) in [7, 11) is 0. The number of hydrogen-bond acceptors (Lipinski definition) is 2. The first kappa shape index (κ1) is 34.0. The Morgan fingerprint density at radius 1 is 0.525 bits per heavy atom. The summed E-state index contributed by atoms with van der Waals surface area (Å²) < 4.78 is 2.33. The lowest BCUT2D eigenvalue weighted by Gasteiger charge is -2.37. The van der Waals surface area contributed by atoms with Gasteiger partial charge in [-0.3, -0.25) is 4.57 Å². The van der Waals surface area contributed by atoms with Crippen LogP contribution in [0.4, 0.5) is 0 Å². The Balaban J connectivity index is 1.09. The molecule has 0 amide bonds. The van der Waals surface area contributed by atoms with Gasteiger partial charge in [-0.15, -0.1) is 0 Å². The average molecular weight is 776 g/mol. The van der Waals surface area contributed by atoms with Crippen LogP contribution in [0, 0.1) is 6.92 Å². The van der Waals surface area contributed by atoms with Crippen LogP contribution in [0.25, 0.3) is 88.5 Å². The topological polar surface area (TPSA) is 30.7 Å². The molecule has 2 aliphatic rings. The molecule has 61 heavy (non-hydrogen) atoms. The van der Waals surface area contributed by atoms with E-state index in [0.717, 1.165) is 61.0 Å². The molecule has 0 radical (unpaired) electrons. The molecule has 0 aliphatic heterocycles. The summed E-state index contributed by atoms with van der Waals surface area (Å²) in [6.45, 7) is 6.76. The Hall–Kier alpha value is -7.88. The molecule has 3 nitrogen and oxygen atoms in total. The van der Waals surface area contributed by atoms with E-state index in [4.69, 9.17) is 9.97 Å². The van der Waals surface area contributed by atoms with Crippen LogP contribution >= 0.6 is 0 Å². The maximum Gasteiger partial charge on any atom is 0.235 e. The zero-order chi connectivity index (χ0) is 40.4. The molecule has 0 N–H and O–H groups in total. The summed E-state index contributed by atoms with van der Waals surface area (Å²) in [5.41, 5.74) is 19.2. The first-order valence-electron chi connectivity index (χ1n) is 21.0. The fourth-order valence-electron chi connectivity index (χ4n) is 10.9. The molecule has 284 valence electrons. The molecule has 3 heteroatoms. The van der Waals surface area contributed by atoms with Crippen molar-refractivity contribution in [3.05, 3.63) is 240 Å². The summed E-state index contributed by atoms with van der Waals surface area (Å²) in [5, 5.41) is 6.10. The number of hydrogen-bond donors (Lipinski definition) is 0. The van der Waals surface area contributed by atoms with E-state index in [-0.39, 0.29) is 0 Å². The first-order valence-corrected chi connectivity index (χ1v) is 21.0. The van der Waals surface area contributed by atoms with Gasteiger partial charge in [-0.2, -0.15) is 0 Å². The highest BCUT2D eigenvalue weighted by molar-refractivity contribution is 6.28. The molecule has 2 heterocycles. The predicted molar refractivity (Wildman–Crippen MR) is 252 cm³/mol. The van der Waals surface area contributed by atoms with Crippen LogP contribution in [0.3, 0.4) is 0 Å².